The molecule has 0 spiro atoms. The van der Waals surface area contributed by atoms with E-state index in [1.54, 1.807) is 10.5 Å². The molecular weight excluding hydrogens is 462 g/mol. The quantitative estimate of drug-likeness (QED) is 0.490. The average molecular weight is 494 g/mol. The number of benzene rings is 1. The maximum atomic E-state index is 12.0. The predicted molar refractivity (Wildman–Crippen MR) is 140 cm³/mol. The highest BCUT2D eigenvalue weighted by Gasteiger charge is 2.47. The van der Waals surface area contributed by atoms with Crippen molar-refractivity contribution >= 4 is 33.2 Å². The van der Waals surface area contributed by atoms with E-state index in [4.69, 9.17) is 0 Å². The molecule has 0 radical (unpaired) electrons. The lowest BCUT2D eigenvalue weighted by molar-refractivity contribution is 0.371. The summed E-state index contributed by atoms with van der Waals surface area (Å²) in [7, 11) is -3.14. The third-order valence-corrected chi connectivity index (χ3v) is 7.95. The molecule has 0 saturated carbocycles. The summed E-state index contributed by atoms with van der Waals surface area (Å²) in [4.78, 5) is 15.9. The number of aromatic nitrogens is 3. The number of hydrogen-bond acceptors (Lipinski definition) is 8. The van der Waals surface area contributed by atoms with Gasteiger partial charge in [0.25, 0.3) is 0 Å². The van der Waals surface area contributed by atoms with Crippen LogP contribution in [0.15, 0.2) is 48.8 Å². The topological polar surface area (TPSA) is 103 Å². The van der Waals surface area contributed by atoms with E-state index in [-0.39, 0.29) is 12.1 Å². The second-order valence-corrected chi connectivity index (χ2v) is 11.2. The second-order valence-electron chi connectivity index (χ2n) is 9.28. The zero-order chi connectivity index (χ0) is 24.6. The van der Waals surface area contributed by atoms with Gasteiger partial charge in [-0.15, -0.1) is 0 Å². The number of anilines is 4. The summed E-state index contributed by atoms with van der Waals surface area (Å²) in [6, 6.07) is 12.3. The summed E-state index contributed by atoms with van der Waals surface area (Å²) in [6.07, 6.45) is 6.79. The van der Waals surface area contributed by atoms with E-state index in [1.807, 2.05) is 30.5 Å². The molecule has 35 heavy (non-hydrogen) atoms. The number of pyridine rings is 1. The summed E-state index contributed by atoms with van der Waals surface area (Å²) in [5.41, 5.74) is 4.91. The summed E-state index contributed by atoms with van der Waals surface area (Å²) in [5.74, 6) is 1.38. The van der Waals surface area contributed by atoms with Crippen molar-refractivity contribution in [2.45, 2.75) is 38.8 Å². The molecule has 2 bridgehead atoms. The first-order valence-electron chi connectivity index (χ1n) is 12.0. The van der Waals surface area contributed by atoms with Crippen LogP contribution in [0.3, 0.4) is 0 Å². The number of sulfonamides is 1. The van der Waals surface area contributed by atoms with E-state index in [0.29, 0.717) is 12.5 Å². The molecule has 2 aliphatic rings. The number of nitrogens with zero attached hydrogens (tertiary/aromatic N) is 5. The van der Waals surface area contributed by atoms with Crippen LogP contribution < -0.4 is 15.5 Å². The molecule has 0 amide bonds. The molecule has 10 heteroatoms. The van der Waals surface area contributed by atoms with Gasteiger partial charge in [-0.05, 0) is 61.7 Å². The molecule has 4 heterocycles. The van der Waals surface area contributed by atoms with Crippen molar-refractivity contribution in [1.29, 1.82) is 0 Å². The Bertz CT molecular complexity index is 1310. The Morgan fingerprint density at radius 1 is 1.09 bits per heavy atom. The van der Waals surface area contributed by atoms with Gasteiger partial charge in [-0.1, -0.05) is 6.92 Å². The van der Waals surface area contributed by atoms with Crippen LogP contribution in [-0.2, 0) is 10.0 Å². The van der Waals surface area contributed by atoms with E-state index in [0.717, 1.165) is 59.9 Å². The number of rotatable bonds is 8. The smallest absolute Gasteiger partial charge is 0.227 e. The first kappa shape index (κ1) is 23.5. The van der Waals surface area contributed by atoms with Crippen LogP contribution in [0, 0.1) is 6.92 Å². The minimum atomic E-state index is -3.14. The predicted octanol–water partition coefficient (Wildman–Crippen LogP) is 3.64. The molecule has 5 rings (SSSR count). The summed E-state index contributed by atoms with van der Waals surface area (Å²) in [5, 5.41) is 6.59. The van der Waals surface area contributed by atoms with Crippen LogP contribution in [0.4, 0.5) is 23.1 Å². The molecule has 2 fully saturated rings. The Kier molecular flexibility index (Phi) is 6.33. The number of piperazine rings is 1. The Morgan fingerprint density at radius 2 is 1.94 bits per heavy atom. The van der Waals surface area contributed by atoms with Crippen molar-refractivity contribution in [3.05, 3.63) is 54.4 Å². The number of nitrogens with one attached hydrogen (secondary N) is 2. The zero-order valence-electron chi connectivity index (χ0n) is 20.3. The van der Waals surface area contributed by atoms with Crippen LogP contribution in [0.2, 0.25) is 0 Å². The van der Waals surface area contributed by atoms with Gasteiger partial charge >= 0.3 is 0 Å². The highest BCUT2D eigenvalue weighted by atomic mass is 32.2. The SMILES string of the molecule is CCCNc1ccc(-c2ccnc(Nc3ccc(N4CC5CC4CN5S(C)(=O)=O)c(C)c3)n2)cn1. The van der Waals surface area contributed by atoms with Crippen molar-refractivity contribution in [1.82, 2.24) is 19.3 Å². The van der Waals surface area contributed by atoms with E-state index < -0.39 is 10.0 Å². The van der Waals surface area contributed by atoms with Crippen molar-refractivity contribution in [2.75, 3.05) is 41.4 Å². The first-order valence-corrected chi connectivity index (χ1v) is 13.8. The van der Waals surface area contributed by atoms with E-state index in [1.165, 1.54) is 6.26 Å². The van der Waals surface area contributed by atoms with Gasteiger partial charge in [-0.25, -0.2) is 23.4 Å². The maximum absolute atomic E-state index is 12.0. The highest BCUT2D eigenvalue weighted by molar-refractivity contribution is 7.88. The Labute approximate surface area is 206 Å². The monoisotopic (exact) mass is 493 g/mol. The van der Waals surface area contributed by atoms with E-state index in [2.05, 4.69) is 56.5 Å². The third kappa shape index (κ3) is 4.94. The van der Waals surface area contributed by atoms with E-state index >= 15 is 0 Å². The summed E-state index contributed by atoms with van der Waals surface area (Å²) < 4.78 is 25.6. The fraction of sp³-hybridized carbons (Fsp3) is 0.400. The molecule has 2 aliphatic heterocycles. The maximum Gasteiger partial charge on any atom is 0.227 e. The van der Waals surface area contributed by atoms with Crippen LogP contribution in [0.1, 0.15) is 25.3 Å². The van der Waals surface area contributed by atoms with Gasteiger partial charge < -0.3 is 15.5 Å². The van der Waals surface area contributed by atoms with Gasteiger partial charge in [-0.2, -0.15) is 4.31 Å². The van der Waals surface area contributed by atoms with Crippen LogP contribution in [0.25, 0.3) is 11.3 Å². The Hall–Kier alpha value is -3.24. The van der Waals surface area contributed by atoms with Gasteiger partial charge in [0.15, 0.2) is 0 Å². The molecule has 2 atom stereocenters. The van der Waals surface area contributed by atoms with Crippen molar-refractivity contribution < 1.29 is 8.42 Å². The van der Waals surface area contributed by atoms with Crippen molar-refractivity contribution in [2.24, 2.45) is 0 Å². The lowest BCUT2D eigenvalue weighted by atomic mass is 10.1. The summed E-state index contributed by atoms with van der Waals surface area (Å²) >= 11 is 0. The van der Waals surface area contributed by atoms with Gasteiger partial charge in [-0.3, -0.25) is 0 Å². The van der Waals surface area contributed by atoms with E-state index in [9.17, 15) is 8.42 Å². The normalized spacial score (nSPS) is 19.8. The third-order valence-electron chi connectivity index (χ3n) is 6.65. The highest BCUT2D eigenvalue weighted by Crippen LogP contribution is 2.38. The molecule has 0 aliphatic carbocycles. The Morgan fingerprint density at radius 3 is 2.60 bits per heavy atom. The van der Waals surface area contributed by atoms with Crippen molar-refractivity contribution in [3.8, 4) is 11.3 Å². The first-order chi connectivity index (χ1) is 16.8. The molecule has 3 aromatic rings. The summed E-state index contributed by atoms with van der Waals surface area (Å²) in [6.45, 7) is 6.39. The lowest BCUT2D eigenvalue weighted by Gasteiger charge is -2.35. The largest absolute Gasteiger partial charge is 0.370 e. The van der Waals surface area contributed by atoms with Gasteiger partial charge in [0, 0.05) is 61.0 Å². The van der Waals surface area contributed by atoms with Crippen LogP contribution in [0.5, 0.6) is 0 Å². The second kappa shape index (κ2) is 9.43. The number of fused-ring (bicyclic) bond motifs is 2. The molecule has 2 N–H and O–H groups in total. The number of hydrogen-bond donors (Lipinski definition) is 2. The molecule has 2 unspecified atom stereocenters. The van der Waals surface area contributed by atoms with Crippen molar-refractivity contribution in [3.63, 3.8) is 0 Å². The standard InChI is InChI=1S/C25H31N7O2S/c1-4-10-26-24-8-5-18(14-28-24)22-9-11-27-25(30-22)29-19-6-7-23(17(2)12-19)31-15-21-13-20(31)16-32(21)35(3,33)34/h5-9,11-12,14,20-21H,4,10,13,15-16H2,1-3H3,(H,26,28)(H,27,29,30). The zero-order valence-corrected chi connectivity index (χ0v) is 21.1. The molecule has 9 nitrogen and oxygen atoms in total. The molecule has 2 saturated heterocycles. The van der Waals surface area contributed by atoms with Crippen LogP contribution >= 0.6 is 0 Å². The molecule has 2 aromatic heterocycles. The fourth-order valence-electron chi connectivity index (χ4n) is 5.00. The van der Waals surface area contributed by atoms with Crippen LogP contribution in [-0.4, -0.2) is 65.6 Å². The minimum Gasteiger partial charge on any atom is -0.370 e. The van der Waals surface area contributed by atoms with Gasteiger partial charge in [0.1, 0.15) is 5.82 Å². The molecule has 1 aromatic carbocycles. The molecular formula is C25H31N7O2S. The minimum absolute atomic E-state index is 0.0642. The average Bonchev–Trinajstić information content (AvgIpc) is 3.45. The molecule has 184 valence electrons. The van der Waals surface area contributed by atoms with Gasteiger partial charge in [0.2, 0.25) is 16.0 Å². The van der Waals surface area contributed by atoms with Gasteiger partial charge in [0.05, 0.1) is 11.9 Å². The fourth-order valence-corrected chi connectivity index (χ4v) is 6.14. The number of aryl methyl sites for hydroxylation is 1. The lowest BCUT2D eigenvalue weighted by Crippen LogP contribution is -2.48. The Balaban J connectivity index is 1.28.